The molecule has 6 heteroatoms. The molecule has 0 aliphatic carbocycles. The van der Waals surface area contributed by atoms with Gasteiger partial charge in [0.15, 0.2) is 0 Å². The topological polar surface area (TPSA) is 56.8 Å². The van der Waals surface area contributed by atoms with Gasteiger partial charge in [0, 0.05) is 11.8 Å². The predicted octanol–water partition coefficient (Wildman–Crippen LogP) is 4.07. The van der Waals surface area contributed by atoms with Gasteiger partial charge in [-0.15, -0.1) is 11.8 Å². The summed E-state index contributed by atoms with van der Waals surface area (Å²) >= 11 is 1.52. The van der Waals surface area contributed by atoms with Crippen LogP contribution < -0.4 is 19.5 Å². The Balaban J connectivity index is 1.75. The highest BCUT2D eigenvalue weighted by molar-refractivity contribution is 7.99. The van der Waals surface area contributed by atoms with E-state index < -0.39 is 0 Å². The lowest BCUT2D eigenvalue weighted by Crippen LogP contribution is -2.15. The highest BCUT2D eigenvalue weighted by atomic mass is 32.2. The number of rotatable bonds is 9. The maximum atomic E-state index is 12.1. The summed E-state index contributed by atoms with van der Waals surface area (Å²) in [6.45, 7) is 4.65. The van der Waals surface area contributed by atoms with Crippen LogP contribution in [0, 0.1) is 13.8 Å². The maximum absolute atomic E-state index is 12.1. The number of thioether (sulfide) groups is 1. The van der Waals surface area contributed by atoms with Crippen molar-refractivity contribution >= 4 is 23.4 Å². The van der Waals surface area contributed by atoms with E-state index in [-0.39, 0.29) is 5.91 Å². The van der Waals surface area contributed by atoms with Crippen LogP contribution >= 0.6 is 11.8 Å². The zero-order valence-corrected chi connectivity index (χ0v) is 16.4. The minimum Gasteiger partial charge on any atom is -0.497 e. The molecular weight excluding hydrogens is 350 g/mol. The van der Waals surface area contributed by atoms with Crippen LogP contribution in [-0.4, -0.2) is 38.2 Å². The number of nitrogens with one attached hydrogen (secondary N) is 1. The first-order valence-electron chi connectivity index (χ1n) is 8.32. The summed E-state index contributed by atoms with van der Waals surface area (Å²) in [5.41, 5.74) is 2.96. The van der Waals surface area contributed by atoms with Gasteiger partial charge in [-0.2, -0.15) is 0 Å². The van der Waals surface area contributed by atoms with Gasteiger partial charge in [-0.3, -0.25) is 4.79 Å². The van der Waals surface area contributed by atoms with Crippen LogP contribution in [0.2, 0.25) is 0 Å². The molecule has 0 bridgehead atoms. The fraction of sp³-hybridized carbons (Fsp3) is 0.350. The van der Waals surface area contributed by atoms with Crippen molar-refractivity contribution in [1.29, 1.82) is 0 Å². The van der Waals surface area contributed by atoms with Crippen molar-refractivity contribution in [1.82, 2.24) is 0 Å². The molecule has 26 heavy (non-hydrogen) atoms. The molecule has 1 amide bonds. The highest BCUT2D eigenvalue weighted by Gasteiger charge is 2.09. The van der Waals surface area contributed by atoms with Gasteiger partial charge in [-0.25, -0.2) is 0 Å². The van der Waals surface area contributed by atoms with Crippen LogP contribution in [0.4, 0.5) is 5.69 Å². The molecule has 0 aromatic heterocycles. The van der Waals surface area contributed by atoms with Crippen LogP contribution in [0.1, 0.15) is 11.1 Å². The van der Waals surface area contributed by atoms with Crippen molar-refractivity contribution < 1.29 is 19.0 Å². The van der Waals surface area contributed by atoms with Crippen LogP contribution in [0.25, 0.3) is 0 Å². The van der Waals surface area contributed by atoms with Gasteiger partial charge in [0.05, 0.1) is 32.3 Å². The monoisotopic (exact) mass is 375 g/mol. The maximum Gasteiger partial charge on any atom is 0.234 e. The number of anilines is 1. The third-order valence-electron chi connectivity index (χ3n) is 3.61. The van der Waals surface area contributed by atoms with Gasteiger partial charge in [0.2, 0.25) is 5.91 Å². The Morgan fingerprint density at radius 2 is 1.73 bits per heavy atom. The van der Waals surface area contributed by atoms with Crippen molar-refractivity contribution in [2.75, 3.05) is 37.6 Å². The van der Waals surface area contributed by atoms with E-state index in [1.807, 2.05) is 26.0 Å². The number of aryl methyl sites for hydroxylation is 2. The fourth-order valence-corrected chi connectivity index (χ4v) is 3.10. The SMILES string of the molecule is COc1ccc(OC)c(NC(=O)CSCCOc2cc(C)cc(C)c2)c1. The summed E-state index contributed by atoms with van der Waals surface area (Å²) in [5.74, 6) is 3.12. The third-order valence-corrected chi connectivity index (χ3v) is 4.53. The lowest BCUT2D eigenvalue weighted by molar-refractivity contribution is -0.113. The van der Waals surface area contributed by atoms with Gasteiger partial charge in [-0.05, 0) is 49.2 Å². The standard InChI is InChI=1S/C20H25NO4S/c1-14-9-15(2)11-17(10-14)25-7-8-26-13-20(22)21-18-12-16(23-3)5-6-19(18)24-4/h5-6,9-12H,7-8,13H2,1-4H3,(H,21,22). The number of benzene rings is 2. The summed E-state index contributed by atoms with van der Waals surface area (Å²) in [7, 11) is 3.15. The Kier molecular flexibility index (Phi) is 7.66. The molecule has 0 saturated heterocycles. The molecule has 1 N–H and O–H groups in total. The quantitative estimate of drug-likeness (QED) is 0.670. The number of hydrogen-bond donors (Lipinski definition) is 1. The number of methoxy groups -OCH3 is 2. The molecule has 0 aliphatic rings. The van der Waals surface area contributed by atoms with Crippen LogP contribution in [0.15, 0.2) is 36.4 Å². The molecule has 2 aromatic rings. The van der Waals surface area contributed by atoms with Crippen molar-refractivity contribution in [2.24, 2.45) is 0 Å². The van der Waals surface area contributed by atoms with Gasteiger partial charge >= 0.3 is 0 Å². The summed E-state index contributed by atoms with van der Waals surface area (Å²) in [4.78, 5) is 12.1. The average Bonchev–Trinajstić information content (AvgIpc) is 2.60. The summed E-state index contributed by atoms with van der Waals surface area (Å²) < 4.78 is 16.2. The summed E-state index contributed by atoms with van der Waals surface area (Å²) in [6.07, 6.45) is 0. The lowest BCUT2D eigenvalue weighted by atomic mass is 10.1. The van der Waals surface area contributed by atoms with E-state index in [1.54, 1.807) is 32.4 Å². The molecule has 0 saturated carbocycles. The number of hydrogen-bond acceptors (Lipinski definition) is 5. The van der Waals surface area contributed by atoms with Crippen LogP contribution in [0.3, 0.4) is 0 Å². The molecule has 0 heterocycles. The number of amides is 1. The Bertz CT molecular complexity index is 728. The van der Waals surface area contributed by atoms with Crippen molar-refractivity contribution in [2.45, 2.75) is 13.8 Å². The molecule has 140 valence electrons. The zero-order chi connectivity index (χ0) is 18.9. The molecular formula is C20H25NO4S. The third kappa shape index (κ3) is 6.19. The lowest BCUT2D eigenvalue weighted by Gasteiger charge is -2.12. The largest absolute Gasteiger partial charge is 0.497 e. The number of carbonyl (C=O) groups excluding carboxylic acids is 1. The average molecular weight is 375 g/mol. The molecule has 0 aliphatic heterocycles. The Morgan fingerprint density at radius 1 is 1.00 bits per heavy atom. The second-order valence-corrected chi connectivity index (χ2v) is 6.94. The molecule has 0 spiro atoms. The molecule has 0 radical (unpaired) electrons. The van der Waals surface area contributed by atoms with Crippen LogP contribution in [-0.2, 0) is 4.79 Å². The predicted molar refractivity (Wildman–Crippen MR) is 107 cm³/mol. The molecule has 0 atom stereocenters. The first-order chi connectivity index (χ1) is 12.5. The Hall–Kier alpha value is -2.34. The second kappa shape index (κ2) is 9.97. The summed E-state index contributed by atoms with van der Waals surface area (Å²) in [5, 5.41) is 2.85. The molecule has 0 unspecified atom stereocenters. The molecule has 5 nitrogen and oxygen atoms in total. The van der Waals surface area contributed by atoms with Crippen molar-refractivity contribution in [3.63, 3.8) is 0 Å². The highest BCUT2D eigenvalue weighted by Crippen LogP contribution is 2.29. The van der Waals surface area contributed by atoms with E-state index in [4.69, 9.17) is 14.2 Å². The van der Waals surface area contributed by atoms with Crippen molar-refractivity contribution in [3.8, 4) is 17.2 Å². The Morgan fingerprint density at radius 3 is 2.38 bits per heavy atom. The van der Waals surface area contributed by atoms with Crippen molar-refractivity contribution in [3.05, 3.63) is 47.5 Å². The van der Waals surface area contributed by atoms with E-state index in [2.05, 4.69) is 11.4 Å². The molecule has 0 fully saturated rings. The van der Waals surface area contributed by atoms with Crippen LogP contribution in [0.5, 0.6) is 17.2 Å². The van der Waals surface area contributed by atoms with Gasteiger partial charge < -0.3 is 19.5 Å². The van der Waals surface area contributed by atoms with E-state index in [0.29, 0.717) is 29.5 Å². The fourth-order valence-electron chi connectivity index (χ4n) is 2.50. The zero-order valence-electron chi connectivity index (χ0n) is 15.6. The molecule has 2 rings (SSSR count). The Labute approximate surface area is 159 Å². The smallest absolute Gasteiger partial charge is 0.234 e. The van der Waals surface area contributed by atoms with E-state index >= 15 is 0 Å². The van der Waals surface area contributed by atoms with Gasteiger partial charge in [0.25, 0.3) is 0 Å². The van der Waals surface area contributed by atoms with Gasteiger partial charge in [0.1, 0.15) is 17.2 Å². The van der Waals surface area contributed by atoms with Gasteiger partial charge in [-0.1, -0.05) is 6.07 Å². The van der Waals surface area contributed by atoms with E-state index in [1.165, 1.54) is 22.9 Å². The second-order valence-electron chi connectivity index (χ2n) is 5.84. The minimum absolute atomic E-state index is 0.0899. The first-order valence-corrected chi connectivity index (χ1v) is 9.48. The number of carbonyl (C=O) groups is 1. The number of ether oxygens (including phenoxy) is 3. The van der Waals surface area contributed by atoms with E-state index in [9.17, 15) is 4.79 Å². The minimum atomic E-state index is -0.0899. The first kappa shape index (κ1) is 20.0. The van der Waals surface area contributed by atoms with E-state index in [0.717, 1.165) is 11.5 Å². The normalized spacial score (nSPS) is 10.3. The molecule has 2 aromatic carbocycles. The summed E-state index contributed by atoms with van der Waals surface area (Å²) in [6, 6.07) is 11.4.